The third-order valence-electron chi connectivity index (χ3n) is 8.52. The SMILES string of the molecule is C=CC(=O)N[C@@H](C)CN1c2nc(=O)n(-c3ccccc3C(C)C)c3cc(-c4c(C)ccc5[nH]ncc45)cc(c23)OC[C@@H]1CC. The van der Waals surface area contributed by atoms with Crippen LogP contribution in [0.5, 0.6) is 5.75 Å². The molecule has 0 fully saturated rings. The topological polar surface area (TPSA) is 105 Å². The lowest BCUT2D eigenvalue weighted by Crippen LogP contribution is -2.48. The Morgan fingerprint density at radius 2 is 2.00 bits per heavy atom. The highest BCUT2D eigenvalue weighted by Gasteiger charge is 2.31. The van der Waals surface area contributed by atoms with Crippen LogP contribution >= 0.6 is 0 Å². The maximum absolute atomic E-state index is 14.3. The molecule has 0 saturated heterocycles. The number of carbonyl (C=O) groups is 1. The van der Waals surface area contributed by atoms with Gasteiger partial charge in [-0.05, 0) is 78.8 Å². The summed E-state index contributed by atoms with van der Waals surface area (Å²) in [5, 5.41) is 12.1. The monoisotopic (exact) mass is 590 g/mol. The Balaban J connectivity index is 1.68. The number of H-pyrrole nitrogens is 1. The van der Waals surface area contributed by atoms with E-state index >= 15 is 0 Å². The average Bonchev–Trinajstić information content (AvgIpc) is 3.43. The average molecular weight is 591 g/mol. The Morgan fingerprint density at radius 3 is 2.75 bits per heavy atom. The highest BCUT2D eigenvalue weighted by atomic mass is 16.5. The lowest BCUT2D eigenvalue weighted by molar-refractivity contribution is -0.117. The molecule has 0 unspecified atom stereocenters. The van der Waals surface area contributed by atoms with Gasteiger partial charge < -0.3 is 15.0 Å². The maximum Gasteiger partial charge on any atom is 0.354 e. The van der Waals surface area contributed by atoms with Gasteiger partial charge in [0.05, 0.1) is 34.3 Å². The minimum absolute atomic E-state index is 0.0677. The number of para-hydroxylation sites is 1. The third kappa shape index (κ3) is 5.02. The summed E-state index contributed by atoms with van der Waals surface area (Å²) in [6, 6.07) is 15.9. The first kappa shape index (κ1) is 29.2. The smallest absolute Gasteiger partial charge is 0.354 e. The fourth-order valence-electron chi connectivity index (χ4n) is 6.35. The zero-order valence-corrected chi connectivity index (χ0v) is 25.8. The largest absolute Gasteiger partial charge is 0.491 e. The molecule has 0 spiro atoms. The van der Waals surface area contributed by atoms with Crippen molar-refractivity contribution in [3.8, 4) is 22.6 Å². The van der Waals surface area contributed by atoms with Gasteiger partial charge in [-0.15, -0.1) is 0 Å². The fourth-order valence-corrected chi connectivity index (χ4v) is 6.35. The van der Waals surface area contributed by atoms with Crippen molar-refractivity contribution in [3.05, 3.63) is 89.0 Å². The molecule has 226 valence electrons. The summed E-state index contributed by atoms with van der Waals surface area (Å²) in [4.78, 5) is 33.3. The van der Waals surface area contributed by atoms with Crippen LogP contribution in [-0.2, 0) is 4.79 Å². The van der Waals surface area contributed by atoms with Crippen molar-refractivity contribution < 1.29 is 9.53 Å². The van der Waals surface area contributed by atoms with Gasteiger partial charge in [-0.1, -0.05) is 51.6 Å². The van der Waals surface area contributed by atoms with E-state index in [1.165, 1.54) is 6.08 Å². The van der Waals surface area contributed by atoms with Crippen LogP contribution in [0.4, 0.5) is 5.82 Å². The first-order valence-corrected chi connectivity index (χ1v) is 15.2. The van der Waals surface area contributed by atoms with E-state index in [1.807, 2.05) is 37.4 Å². The van der Waals surface area contributed by atoms with Crippen LogP contribution in [0.3, 0.4) is 0 Å². The second kappa shape index (κ2) is 11.6. The lowest BCUT2D eigenvalue weighted by Gasteiger charge is -2.33. The maximum atomic E-state index is 14.3. The van der Waals surface area contributed by atoms with Gasteiger partial charge in [-0.2, -0.15) is 10.1 Å². The van der Waals surface area contributed by atoms with Crippen molar-refractivity contribution >= 4 is 33.5 Å². The zero-order valence-electron chi connectivity index (χ0n) is 25.8. The second-order valence-electron chi connectivity index (χ2n) is 11.9. The van der Waals surface area contributed by atoms with Gasteiger partial charge in [-0.25, -0.2) is 4.79 Å². The molecule has 9 nitrogen and oxygen atoms in total. The molecule has 9 heteroatoms. The molecule has 5 aromatic rings. The van der Waals surface area contributed by atoms with E-state index in [9.17, 15) is 9.59 Å². The predicted octanol–water partition coefficient (Wildman–Crippen LogP) is 6.03. The van der Waals surface area contributed by atoms with E-state index in [1.54, 1.807) is 4.57 Å². The molecule has 0 aliphatic carbocycles. The summed E-state index contributed by atoms with van der Waals surface area (Å²) in [6.45, 7) is 14.8. The molecule has 3 aromatic carbocycles. The molecule has 3 heterocycles. The van der Waals surface area contributed by atoms with Crippen LogP contribution in [-0.4, -0.2) is 50.9 Å². The number of hydrogen-bond acceptors (Lipinski definition) is 6. The third-order valence-corrected chi connectivity index (χ3v) is 8.52. The number of hydrogen-bond donors (Lipinski definition) is 2. The van der Waals surface area contributed by atoms with Crippen LogP contribution < -0.4 is 20.6 Å². The normalized spacial score (nSPS) is 15.3. The summed E-state index contributed by atoms with van der Waals surface area (Å²) in [5.74, 6) is 1.16. The number of anilines is 1. The number of fused-ring (bicyclic) bond motifs is 1. The molecule has 2 N–H and O–H groups in total. The molecule has 1 aliphatic heterocycles. The van der Waals surface area contributed by atoms with Crippen LogP contribution in [0.2, 0.25) is 0 Å². The summed E-state index contributed by atoms with van der Waals surface area (Å²) in [6.07, 6.45) is 3.87. The highest BCUT2D eigenvalue weighted by Crippen LogP contribution is 2.42. The minimum Gasteiger partial charge on any atom is -0.491 e. The van der Waals surface area contributed by atoms with Crippen molar-refractivity contribution in [2.24, 2.45) is 0 Å². The summed E-state index contributed by atoms with van der Waals surface area (Å²) < 4.78 is 8.34. The van der Waals surface area contributed by atoms with E-state index in [2.05, 4.69) is 79.0 Å². The fraction of sp³-hybridized carbons (Fsp3) is 0.314. The van der Waals surface area contributed by atoms with E-state index in [0.29, 0.717) is 30.2 Å². The molecule has 2 atom stereocenters. The first-order valence-electron chi connectivity index (χ1n) is 15.2. The number of nitrogens with zero attached hydrogens (tertiary/aromatic N) is 4. The quantitative estimate of drug-likeness (QED) is 0.214. The highest BCUT2D eigenvalue weighted by molar-refractivity contribution is 6.03. The van der Waals surface area contributed by atoms with Crippen molar-refractivity contribution in [1.29, 1.82) is 0 Å². The Morgan fingerprint density at radius 1 is 1.20 bits per heavy atom. The van der Waals surface area contributed by atoms with Gasteiger partial charge in [0.15, 0.2) is 0 Å². The Bertz CT molecular complexity index is 1960. The molecule has 6 rings (SSSR count). The number of carbonyl (C=O) groups excluding carboxylic acids is 1. The Labute approximate surface area is 256 Å². The van der Waals surface area contributed by atoms with Gasteiger partial charge in [0.2, 0.25) is 5.91 Å². The number of rotatable bonds is 8. The molecule has 1 aliphatic rings. The zero-order chi connectivity index (χ0) is 31.1. The number of aromatic nitrogens is 4. The molecular weight excluding hydrogens is 552 g/mol. The predicted molar refractivity (Wildman–Crippen MR) is 176 cm³/mol. The lowest BCUT2D eigenvalue weighted by atomic mass is 9.95. The van der Waals surface area contributed by atoms with E-state index in [0.717, 1.165) is 50.7 Å². The first-order chi connectivity index (χ1) is 21.2. The van der Waals surface area contributed by atoms with Gasteiger partial charge >= 0.3 is 5.69 Å². The summed E-state index contributed by atoms with van der Waals surface area (Å²) >= 11 is 0. The Kier molecular flexibility index (Phi) is 7.71. The minimum atomic E-state index is -0.369. The second-order valence-corrected chi connectivity index (χ2v) is 11.9. The van der Waals surface area contributed by atoms with Crippen molar-refractivity contribution in [3.63, 3.8) is 0 Å². The van der Waals surface area contributed by atoms with Gasteiger partial charge in [0.1, 0.15) is 18.2 Å². The van der Waals surface area contributed by atoms with E-state index < -0.39 is 0 Å². The summed E-state index contributed by atoms with van der Waals surface area (Å²) in [7, 11) is 0. The number of ether oxygens (including phenoxy) is 1. The number of aromatic amines is 1. The Hall–Kier alpha value is -4.92. The van der Waals surface area contributed by atoms with Crippen molar-refractivity contribution in [2.75, 3.05) is 18.1 Å². The number of amides is 1. The number of aryl methyl sites for hydroxylation is 1. The molecule has 2 aromatic heterocycles. The number of benzene rings is 3. The van der Waals surface area contributed by atoms with Gasteiger partial charge in [0.25, 0.3) is 0 Å². The van der Waals surface area contributed by atoms with Crippen LogP contribution in [0, 0.1) is 6.92 Å². The molecule has 0 saturated carbocycles. The molecule has 44 heavy (non-hydrogen) atoms. The molecule has 0 radical (unpaired) electrons. The van der Waals surface area contributed by atoms with Crippen molar-refractivity contribution in [2.45, 2.75) is 59.0 Å². The number of nitrogens with one attached hydrogen (secondary N) is 2. The molecular formula is C35H38N6O3. The molecule has 1 amide bonds. The van der Waals surface area contributed by atoms with Crippen LogP contribution in [0.15, 0.2) is 72.2 Å². The van der Waals surface area contributed by atoms with Crippen LogP contribution in [0.1, 0.15) is 51.2 Å². The standard InChI is InChI=1S/C35H38N6O3/c1-7-24-19-44-30-16-23(32-21(5)13-14-27-26(32)17-36-39-27)15-29-33(30)34(40(24)18-22(6)37-31(42)8-2)38-35(43)41(29)28-12-10-9-11-25(28)20(3)4/h8-17,20,22,24H,2,7,18-19H2,1,3-6H3,(H,36,39)(H,37,42)/t22-,24-/m0/s1. The van der Waals surface area contributed by atoms with E-state index in [-0.39, 0.29) is 29.6 Å². The van der Waals surface area contributed by atoms with Crippen molar-refractivity contribution in [1.82, 2.24) is 25.1 Å². The van der Waals surface area contributed by atoms with Gasteiger partial charge in [-0.3, -0.25) is 14.5 Å². The summed E-state index contributed by atoms with van der Waals surface area (Å²) in [5.41, 5.74) is 6.16. The van der Waals surface area contributed by atoms with Crippen LogP contribution in [0.25, 0.3) is 38.6 Å². The van der Waals surface area contributed by atoms with E-state index in [4.69, 9.17) is 9.72 Å². The van der Waals surface area contributed by atoms with Gasteiger partial charge in [0, 0.05) is 18.0 Å². The molecule has 0 bridgehead atoms.